The number of pyridine rings is 1. The van der Waals surface area contributed by atoms with Crippen molar-refractivity contribution < 1.29 is 32.5 Å². The summed E-state index contributed by atoms with van der Waals surface area (Å²) in [6, 6.07) is 0. The predicted molar refractivity (Wildman–Crippen MR) is 52.3 cm³/mol. The summed E-state index contributed by atoms with van der Waals surface area (Å²) < 4.78 is 45.0. The van der Waals surface area contributed by atoms with E-state index in [4.69, 9.17) is 10.8 Å². The van der Waals surface area contributed by atoms with Crippen molar-refractivity contribution in [3.8, 4) is 11.5 Å². The van der Waals surface area contributed by atoms with Crippen molar-refractivity contribution in [2.24, 2.45) is 5.73 Å². The number of nitrogens with two attached hydrogens (primary N) is 1. The molecule has 0 fully saturated rings. The number of methoxy groups -OCH3 is 1. The van der Waals surface area contributed by atoms with Crippen molar-refractivity contribution >= 4 is 5.97 Å². The molecule has 0 aromatic carbocycles. The van der Waals surface area contributed by atoms with Gasteiger partial charge in [0.2, 0.25) is 0 Å². The summed E-state index contributed by atoms with van der Waals surface area (Å²) in [5.41, 5.74) is 4.40. The molecular formula is C9H9F3N2O4. The summed E-state index contributed by atoms with van der Waals surface area (Å²) >= 11 is 0. The SMILES string of the molecule is COc1c(C(=O)O)cnc(CN)c1OC(F)(F)F. The van der Waals surface area contributed by atoms with E-state index >= 15 is 0 Å². The third kappa shape index (κ3) is 3.00. The lowest BCUT2D eigenvalue weighted by atomic mass is 10.2. The van der Waals surface area contributed by atoms with Crippen LogP contribution in [0.4, 0.5) is 13.2 Å². The molecule has 0 aliphatic rings. The first-order valence-electron chi connectivity index (χ1n) is 4.55. The fourth-order valence-corrected chi connectivity index (χ4v) is 1.23. The Labute approximate surface area is 99.1 Å². The van der Waals surface area contributed by atoms with Crippen LogP contribution in [0.3, 0.4) is 0 Å². The second-order valence-corrected chi connectivity index (χ2v) is 3.04. The van der Waals surface area contributed by atoms with Gasteiger partial charge in [0, 0.05) is 12.7 Å². The Morgan fingerprint density at radius 1 is 1.50 bits per heavy atom. The van der Waals surface area contributed by atoms with Crippen LogP contribution >= 0.6 is 0 Å². The smallest absolute Gasteiger partial charge is 0.492 e. The van der Waals surface area contributed by atoms with E-state index in [9.17, 15) is 18.0 Å². The molecule has 1 heterocycles. The molecule has 0 saturated carbocycles. The zero-order valence-electron chi connectivity index (χ0n) is 9.11. The Kier molecular flexibility index (Phi) is 3.96. The van der Waals surface area contributed by atoms with Crippen molar-refractivity contribution in [1.29, 1.82) is 0 Å². The number of ether oxygens (including phenoxy) is 2. The summed E-state index contributed by atoms with van der Waals surface area (Å²) in [7, 11) is 1.02. The normalized spacial score (nSPS) is 11.2. The highest BCUT2D eigenvalue weighted by atomic mass is 19.4. The lowest BCUT2D eigenvalue weighted by molar-refractivity contribution is -0.275. The molecule has 100 valence electrons. The number of carboxylic acid groups (broad SMARTS) is 1. The van der Waals surface area contributed by atoms with Crippen LogP contribution in [0.5, 0.6) is 11.5 Å². The van der Waals surface area contributed by atoms with Crippen molar-refractivity contribution in [3.05, 3.63) is 17.5 Å². The molecule has 0 amide bonds. The second kappa shape index (κ2) is 5.08. The number of carboxylic acids is 1. The standard InChI is InChI=1S/C9H9F3N2O4/c1-17-6-4(8(15)16)3-14-5(2-13)7(6)18-9(10,11)12/h3H,2,13H2,1H3,(H,15,16). The number of hydrogen-bond donors (Lipinski definition) is 2. The highest BCUT2D eigenvalue weighted by Gasteiger charge is 2.35. The van der Waals surface area contributed by atoms with Crippen LogP contribution < -0.4 is 15.2 Å². The molecule has 1 rings (SSSR count). The highest BCUT2D eigenvalue weighted by Crippen LogP contribution is 2.37. The monoisotopic (exact) mass is 266 g/mol. The first-order chi connectivity index (χ1) is 8.30. The fourth-order valence-electron chi connectivity index (χ4n) is 1.23. The molecule has 0 aliphatic carbocycles. The van der Waals surface area contributed by atoms with E-state index < -0.39 is 29.4 Å². The third-order valence-electron chi connectivity index (χ3n) is 1.91. The van der Waals surface area contributed by atoms with Crippen molar-refractivity contribution in [2.75, 3.05) is 7.11 Å². The number of hydrogen-bond acceptors (Lipinski definition) is 5. The molecule has 0 aliphatic heterocycles. The molecule has 0 spiro atoms. The van der Waals surface area contributed by atoms with Gasteiger partial charge in [0.1, 0.15) is 11.3 Å². The maximum atomic E-state index is 12.2. The number of aromatic nitrogens is 1. The molecule has 1 aromatic heterocycles. The van der Waals surface area contributed by atoms with Gasteiger partial charge in [-0.15, -0.1) is 13.2 Å². The quantitative estimate of drug-likeness (QED) is 0.848. The van der Waals surface area contributed by atoms with E-state index in [2.05, 4.69) is 14.5 Å². The predicted octanol–water partition coefficient (Wildman–Crippen LogP) is 1.15. The summed E-state index contributed by atoms with van der Waals surface area (Å²) in [5, 5.41) is 8.80. The number of nitrogens with zero attached hydrogens (tertiary/aromatic N) is 1. The molecule has 18 heavy (non-hydrogen) atoms. The minimum Gasteiger partial charge on any atom is -0.492 e. The Morgan fingerprint density at radius 3 is 2.50 bits per heavy atom. The Morgan fingerprint density at radius 2 is 2.11 bits per heavy atom. The first-order valence-corrected chi connectivity index (χ1v) is 4.55. The van der Waals surface area contributed by atoms with Crippen LogP contribution in [0.25, 0.3) is 0 Å². The number of alkyl halides is 3. The Hall–Kier alpha value is -2.03. The average molecular weight is 266 g/mol. The maximum Gasteiger partial charge on any atom is 0.573 e. The molecule has 0 unspecified atom stereocenters. The first kappa shape index (κ1) is 14.0. The zero-order valence-corrected chi connectivity index (χ0v) is 9.11. The van der Waals surface area contributed by atoms with E-state index in [1.807, 2.05) is 0 Å². The number of carbonyl (C=O) groups is 1. The van der Waals surface area contributed by atoms with Crippen LogP contribution in [0, 0.1) is 0 Å². The van der Waals surface area contributed by atoms with Gasteiger partial charge >= 0.3 is 12.3 Å². The lowest BCUT2D eigenvalue weighted by Crippen LogP contribution is -2.21. The summed E-state index contributed by atoms with van der Waals surface area (Å²) in [6.07, 6.45) is -4.15. The van der Waals surface area contributed by atoms with Gasteiger partial charge in [0.15, 0.2) is 11.5 Å². The van der Waals surface area contributed by atoms with E-state index in [1.54, 1.807) is 0 Å². The second-order valence-electron chi connectivity index (χ2n) is 3.04. The molecule has 1 aromatic rings. The molecule has 0 radical (unpaired) electrons. The summed E-state index contributed by atoms with van der Waals surface area (Å²) in [6.45, 7) is -0.359. The Balaban J connectivity index is 3.41. The molecule has 9 heteroatoms. The van der Waals surface area contributed by atoms with Gasteiger partial charge in [0.25, 0.3) is 0 Å². The largest absolute Gasteiger partial charge is 0.573 e. The van der Waals surface area contributed by atoms with E-state index in [1.165, 1.54) is 0 Å². The molecular weight excluding hydrogens is 257 g/mol. The molecule has 0 saturated heterocycles. The minimum absolute atomic E-state index is 0.255. The lowest BCUT2D eigenvalue weighted by Gasteiger charge is -2.16. The third-order valence-corrected chi connectivity index (χ3v) is 1.91. The van der Waals surface area contributed by atoms with Gasteiger partial charge < -0.3 is 20.3 Å². The molecule has 3 N–H and O–H groups in total. The number of halogens is 3. The summed E-state index contributed by atoms with van der Waals surface area (Å²) in [5.74, 6) is -2.90. The van der Waals surface area contributed by atoms with Crippen LogP contribution in [0.15, 0.2) is 6.20 Å². The van der Waals surface area contributed by atoms with E-state index in [-0.39, 0.29) is 12.2 Å². The van der Waals surface area contributed by atoms with Gasteiger partial charge in [-0.05, 0) is 0 Å². The fraction of sp³-hybridized carbons (Fsp3) is 0.333. The van der Waals surface area contributed by atoms with Crippen molar-refractivity contribution in [1.82, 2.24) is 4.98 Å². The van der Waals surface area contributed by atoms with Gasteiger partial charge in [-0.1, -0.05) is 0 Å². The highest BCUT2D eigenvalue weighted by molar-refractivity contribution is 5.91. The topological polar surface area (TPSA) is 94.7 Å². The molecule has 0 atom stereocenters. The average Bonchev–Trinajstić information content (AvgIpc) is 2.26. The van der Waals surface area contributed by atoms with Crippen molar-refractivity contribution in [2.45, 2.75) is 12.9 Å². The Bertz CT molecular complexity index is 462. The van der Waals surface area contributed by atoms with Gasteiger partial charge in [-0.2, -0.15) is 0 Å². The number of aromatic carboxylic acids is 1. The van der Waals surface area contributed by atoms with Crippen LogP contribution in [-0.4, -0.2) is 29.5 Å². The minimum atomic E-state index is -5.00. The summed E-state index contributed by atoms with van der Waals surface area (Å²) in [4.78, 5) is 14.3. The number of rotatable bonds is 4. The van der Waals surface area contributed by atoms with Crippen LogP contribution in [0.2, 0.25) is 0 Å². The van der Waals surface area contributed by atoms with Crippen LogP contribution in [0.1, 0.15) is 16.1 Å². The van der Waals surface area contributed by atoms with E-state index in [0.717, 1.165) is 13.3 Å². The molecule has 0 bridgehead atoms. The van der Waals surface area contributed by atoms with Crippen molar-refractivity contribution in [3.63, 3.8) is 0 Å². The van der Waals surface area contributed by atoms with Gasteiger partial charge in [-0.3, -0.25) is 4.98 Å². The van der Waals surface area contributed by atoms with Gasteiger partial charge in [-0.25, -0.2) is 4.79 Å². The van der Waals surface area contributed by atoms with E-state index in [0.29, 0.717) is 0 Å². The maximum absolute atomic E-state index is 12.2. The molecule has 6 nitrogen and oxygen atoms in total. The van der Waals surface area contributed by atoms with Crippen LogP contribution in [-0.2, 0) is 6.54 Å². The van der Waals surface area contributed by atoms with Gasteiger partial charge in [0.05, 0.1) is 7.11 Å². The zero-order chi connectivity index (χ0) is 13.9.